The number of carbonyl (C=O) groups excluding carboxylic acids is 1. The van der Waals surface area contributed by atoms with Crippen molar-refractivity contribution in [2.75, 3.05) is 0 Å². The van der Waals surface area contributed by atoms with Gasteiger partial charge in [-0.2, -0.15) is 0 Å². The summed E-state index contributed by atoms with van der Waals surface area (Å²) < 4.78 is 5.11. The van der Waals surface area contributed by atoms with E-state index >= 15 is 0 Å². The van der Waals surface area contributed by atoms with Crippen LogP contribution >= 0.6 is 0 Å². The average molecular weight is 154 g/mol. The quantitative estimate of drug-likeness (QED) is 0.455. The molecule has 0 amide bonds. The molecule has 0 bridgehead atoms. The highest BCUT2D eigenvalue weighted by atomic mass is 16.6. The lowest BCUT2D eigenvalue weighted by Crippen LogP contribution is -1.92. The number of epoxide rings is 1. The van der Waals surface area contributed by atoms with Crippen LogP contribution in [-0.2, 0) is 9.53 Å². The predicted octanol–water partition coefficient (Wildman–Crippen LogP) is 1.70. The molecule has 1 saturated heterocycles. The zero-order valence-electron chi connectivity index (χ0n) is 7.04. The summed E-state index contributed by atoms with van der Waals surface area (Å²) in [5.41, 5.74) is 0. The van der Waals surface area contributed by atoms with Crippen LogP contribution in [0, 0.1) is 0 Å². The fourth-order valence-corrected chi connectivity index (χ4v) is 0.936. The van der Waals surface area contributed by atoms with Gasteiger partial charge < -0.3 is 4.74 Å². The maximum Gasteiger partial charge on any atom is 0.155 e. The minimum Gasteiger partial charge on any atom is -0.365 e. The molecule has 0 radical (unpaired) electrons. The molecule has 0 spiro atoms. The van der Waals surface area contributed by atoms with Crippen molar-refractivity contribution in [3.05, 3.63) is 12.2 Å². The van der Waals surface area contributed by atoms with Gasteiger partial charge in [-0.3, -0.25) is 4.79 Å². The first-order chi connectivity index (χ1) is 5.24. The number of allylic oxidation sites excluding steroid dienone is 1. The lowest BCUT2D eigenvalue weighted by molar-refractivity contribution is -0.114. The van der Waals surface area contributed by atoms with Crippen LogP contribution in [0.2, 0.25) is 0 Å². The van der Waals surface area contributed by atoms with Crippen molar-refractivity contribution in [1.82, 2.24) is 0 Å². The Bertz CT molecular complexity index is 172. The third-order valence-corrected chi connectivity index (χ3v) is 1.73. The molecule has 0 N–H and O–H groups in total. The Labute approximate surface area is 67.2 Å². The van der Waals surface area contributed by atoms with E-state index in [1.54, 1.807) is 6.08 Å². The summed E-state index contributed by atoms with van der Waals surface area (Å²) in [6.45, 7) is 4.00. The standard InChI is InChI=1S/C9H14O2/c1-3-4-8(10)5-6-9-7(2)11-9/h5-7,9H,3-4H2,1-2H3/b6-5+/t7-,9-/m1/s1. The maximum atomic E-state index is 10.9. The topological polar surface area (TPSA) is 29.6 Å². The van der Waals surface area contributed by atoms with Crippen LogP contribution in [0.3, 0.4) is 0 Å². The van der Waals surface area contributed by atoms with Gasteiger partial charge in [-0.15, -0.1) is 0 Å². The molecule has 11 heavy (non-hydrogen) atoms. The van der Waals surface area contributed by atoms with E-state index < -0.39 is 0 Å². The molecule has 0 aromatic rings. The van der Waals surface area contributed by atoms with Crippen LogP contribution in [0.1, 0.15) is 26.7 Å². The Kier molecular flexibility index (Phi) is 2.83. The lowest BCUT2D eigenvalue weighted by Gasteiger charge is -1.86. The third-order valence-electron chi connectivity index (χ3n) is 1.73. The molecule has 1 rings (SSSR count). The molecule has 0 unspecified atom stereocenters. The van der Waals surface area contributed by atoms with E-state index in [-0.39, 0.29) is 11.9 Å². The van der Waals surface area contributed by atoms with Crippen molar-refractivity contribution in [2.24, 2.45) is 0 Å². The van der Waals surface area contributed by atoms with Crippen LogP contribution < -0.4 is 0 Å². The highest BCUT2D eigenvalue weighted by molar-refractivity contribution is 5.89. The molecule has 0 aromatic carbocycles. The molecule has 1 fully saturated rings. The number of ether oxygens (including phenoxy) is 1. The fourth-order valence-electron chi connectivity index (χ4n) is 0.936. The van der Waals surface area contributed by atoms with Crippen molar-refractivity contribution in [1.29, 1.82) is 0 Å². The van der Waals surface area contributed by atoms with Gasteiger partial charge in [0.25, 0.3) is 0 Å². The van der Waals surface area contributed by atoms with Crippen LogP contribution in [-0.4, -0.2) is 18.0 Å². The summed E-state index contributed by atoms with van der Waals surface area (Å²) >= 11 is 0. The van der Waals surface area contributed by atoms with Crippen LogP contribution in [0.15, 0.2) is 12.2 Å². The molecule has 1 heterocycles. The predicted molar refractivity (Wildman–Crippen MR) is 43.4 cm³/mol. The Morgan fingerprint density at radius 2 is 2.27 bits per heavy atom. The number of hydrogen-bond donors (Lipinski definition) is 0. The number of carbonyl (C=O) groups is 1. The van der Waals surface area contributed by atoms with Crippen LogP contribution in [0.5, 0.6) is 0 Å². The molecule has 0 aromatic heterocycles. The maximum absolute atomic E-state index is 10.9. The average Bonchev–Trinajstić information content (AvgIpc) is 2.63. The van der Waals surface area contributed by atoms with E-state index in [0.717, 1.165) is 6.42 Å². The van der Waals surface area contributed by atoms with Crippen LogP contribution in [0.4, 0.5) is 0 Å². The van der Waals surface area contributed by atoms with E-state index in [4.69, 9.17) is 4.74 Å². The van der Waals surface area contributed by atoms with E-state index in [1.807, 2.05) is 19.9 Å². The van der Waals surface area contributed by atoms with Gasteiger partial charge >= 0.3 is 0 Å². The van der Waals surface area contributed by atoms with E-state index in [9.17, 15) is 4.79 Å². The minimum atomic E-state index is 0.204. The van der Waals surface area contributed by atoms with Gasteiger partial charge in [0.2, 0.25) is 0 Å². The number of ketones is 1. The van der Waals surface area contributed by atoms with Gasteiger partial charge in [0.1, 0.15) is 6.10 Å². The molecule has 0 saturated carbocycles. The van der Waals surface area contributed by atoms with Crippen molar-refractivity contribution in [3.8, 4) is 0 Å². The first kappa shape index (κ1) is 8.47. The second-order valence-electron chi connectivity index (χ2n) is 2.88. The molecule has 1 aliphatic heterocycles. The second kappa shape index (κ2) is 3.67. The Hall–Kier alpha value is -0.630. The largest absolute Gasteiger partial charge is 0.365 e. The summed E-state index contributed by atoms with van der Waals surface area (Å²) in [5, 5.41) is 0. The van der Waals surface area contributed by atoms with Gasteiger partial charge in [-0.05, 0) is 25.5 Å². The van der Waals surface area contributed by atoms with E-state index in [0.29, 0.717) is 12.5 Å². The first-order valence-electron chi connectivity index (χ1n) is 4.10. The molecule has 0 aliphatic carbocycles. The Morgan fingerprint density at radius 3 is 2.73 bits per heavy atom. The summed E-state index contributed by atoms with van der Waals surface area (Å²) in [5.74, 6) is 0.204. The summed E-state index contributed by atoms with van der Waals surface area (Å²) in [6, 6.07) is 0. The number of rotatable bonds is 4. The zero-order chi connectivity index (χ0) is 8.27. The summed E-state index contributed by atoms with van der Waals surface area (Å²) in [4.78, 5) is 10.9. The molecule has 2 atom stereocenters. The monoisotopic (exact) mass is 154 g/mol. The molecule has 62 valence electrons. The van der Waals surface area contributed by atoms with Crippen molar-refractivity contribution in [3.63, 3.8) is 0 Å². The van der Waals surface area contributed by atoms with Crippen molar-refractivity contribution >= 4 is 5.78 Å². The normalized spacial score (nSPS) is 29.3. The molecule has 1 aliphatic rings. The third kappa shape index (κ3) is 2.85. The highest BCUT2D eigenvalue weighted by Crippen LogP contribution is 2.21. The molecular weight excluding hydrogens is 140 g/mol. The van der Waals surface area contributed by atoms with Crippen molar-refractivity contribution in [2.45, 2.75) is 38.9 Å². The molecule has 2 heteroatoms. The van der Waals surface area contributed by atoms with E-state index in [1.165, 1.54) is 0 Å². The summed E-state index contributed by atoms with van der Waals surface area (Å²) in [7, 11) is 0. The van der Waals surface area contributed by atoms with Gasteiger partial charge in [-0.25, -0.2) is 0 Å². The minimum absolute atomic E-state index is 0.204. The SMILES string of the molecule is CCCC(=O)/C=C/[C@H]1O[C@@H]1C. The summed E-state index contributed by atoms with van der Waals surface area (Å²) in [6.07, 6.45) is 5.58. The fraction of sp³-hybridized carbons (Fsp3) is 0.667. The lowest BCUT2D eigenvalue weighted by atomic mass is 10.2. The van der Waals surface area contributed by atoms with Crippen LogP contribution in [0.25, 0.3) is 0 Å². The van der Waals surface area contributed by atoms with Crippen molar-refractivity contribution < 1.29 is 9.53 Å². The molecule has 2 nitrogen and oxygen atoms in total. The van der Waals surface area contributed by atoms with E-state index in [2.05, 4.69) is 0 Å². The molecular formula is C9H14O2. The Balaban J connectivity index is 2.18. The second-order valence-corrected chi connectivity index (χ2v) is 2.88. The van der Waals surface area contributed by atoms with Gasteiger partial charge in [0.05, 0.1) is 6.10 Å². The van der Waals surface area contributed by atoms with Gasteiger partial charge in [0, 0.05) is 6.42 Å². The Morgan fingerprint density at radius 1 is 1.64 bits per heavy atom. The van der Waals surface area contributed by atoms with Gasteiger partial charge in [0.15, 0.2) is 5.78 Å². The van der Waals surface area contributed by atoms with Gasteiger partial charge in [-0.1, -0.05) is 6.92 Å². The zero-order valence-corrected chi connectivity index (χ0v) is 7.04. The number of hydrogen-bond acceptors (Lipinski definition) is 2. The first-order valence-corrected chi connectivity index (χ1v) is 4.10. The smallest absolute Gasteiger partial charge is 0.155 e. The highest BCUT2D eigenvalue weighted by Gasteiger charge is 2.31.